The Morgan fingerprint density at radius 1 is 1.14 bits per heavy atom. The zero-order valence-electron chi connectivity index (χ0n) is 16.2. The van der Waals surface area contributed by atoms with Gasteiger partial charge in [0.15, 0.2) is 0 Å². The van der Waals surface area contributed by atoms with Gasteiger partial charge in [-0.25, -0.2) is 9.78 Å². The SMILES string of the molecule is Cc1cc(NC(=O)NC(C)c2nc3ccccc3[nH]2)ccc1N1C(=O)CCC1=O. The molecular formula is C21H21N5O3. The molecule has 1 unspecified atom stereocenters. The van der Waals surface area contributed by atoms with Gasteiger partial charge in [0.2, 0.25) is 11.8 Å². The monoisotopic (exact) mass is 391 g/mol. The summed E-state index contributed by atoms with van der Waals surface area (Å²) in [5.74, 6) is 0.270. The Hall–Kier alpha value is -3.68. The zero-order valence-corrected chi connectivity index (χ0v) is 16.2. The molecule has 0 spiro atoms. The number of imidazole rings is 1. The predicted octanol–water partition coefficient (Wildman–Crippen LogP) is 3.41. The van der Waals surface area contributed by atoms with E-state index in [-0.39, 0.29) is 36.7 Å². The van der Waals surface area contributed by atoms with Crippen LogP contribution in [0.4, 0.5) is 16.2 Å². The quantitative estimate of drug-likeness (QED) is 0.592. The second-order valence-electron chi connectivity index (χ2n) is 7.08. The van der Waals surface area contributed by atoms with Crippen molar-refractivity contribution in [3.8, 4) is 0 Å². The van der Waals surface area contributed by atoms with Crippen molar-refractivity contribution in [3.63, 3.8) is 0 Å². The lowest BCUT2D eigenvalue weighted by Gasteiger charge is -2.18. The number of nitrogens with one attached hydrogen (secondary N) is 3. The van der Waals surface area contributed by atoms with Gasteiger partial charge in [-0.2, -0.15) is 0 Å². The van der Waals surface area contributed by atoms with Gasteiger partial charge in [0, 0.05) is 18.5 Å². The minimum atomic E-state index is -0.376. The third-order valence-electron chi connectivity index (χ3n) is 4.91. The van der Waals surface area contributed by atoms with Gasteiger partial charge in [0.05, 0.1) is 22.8 Å². The van der Waals surface area contributed by atoms with Crippen LogP contribution in [0.1, 0.15) is 37.2 Å². The number of fused-ring (bicyclic) bond motifs is 1. The Labute approximate surface area is 167 Å². The van der Waals surface area contributed by atoms with Crippen LogP contribution in [0.5, 0.6) is 0 Å². The van der Waals surface area contributed by atoms with E-state index in [1.165, 1.54) is 4.90 Å². The smallest absolute Gasteiger partial charge is 0.319 e. The van der Waals surface area contributed by atoms with E-state index >= 15 is 0 Å². The summed E-state index contributed by atoms with van der Waals surface area (Å²) in [5.41, 5.74) is 3.61. The number of imide groups is 1. The number of amides is 4. The number of carbonyl (C=O) groups is 3. The van der Waals surface area contributed by atoms with E-state index in [0.717, 1.165) is 16.6 Å². The number of aromatic amines is 1. The highest BCUT2D eigenvalue weighted by Gasteiger charge is 2.31. The number of rotatable bonds is 4. The van der Waals surface area contributed by atoms with Crippen molar-refractivity contribution in [2.24, 2.45) is 0 Å². The van der Waals surface area contributed by atoms with E-state index in [1.807, 2.05) is 31.2 Å². The van der Waals surface area contributed by atoms with Crippen molar-refractivity contribution >= 4 is 40.3 Å². The molecule has 1 aromatic heterocycles. The van der Waals surface area contributed by atoms with Crippen LogP contribution in [0.3, 0.4) is 0 Å². The highest BCUT2D eigenvalue weighted by atomic mass is 16.2. The highest BCUT2D eigenvalue weighted by molar-refractivity contribution is 6.20. The number of H-pyrrole nitrogens is 1. The largest absolute Gasteiger partial charge is 0.340 e. The van der Waals surface area contributed by atoms with Crippen LogP contribution < -0.4 is 15.5 Å². The topological polar surface area (TPSA) is 107 Å². The third-order valence-corrected chi connectivity index (χ3v) is 4.91. The van der Waals surface area contributed by atoms with Crippen molar-refractivity contribution in [3.05, 3.63) is 53.9 Å². The number of urea groups is 1. The second kappa shape index (κ2) is 7.38. The van der Waals surface area contributed by atoms with Crippen LogP contribution in [0.15, 0.2) is 42.5 Å². The highest BCUT2D eigenvalue weighted by Crippen LogP contribution is 2.28. The standard InChI is InChI=1S/C21H21N5O3/c1-12-11-14(7-8-17(12)26-18(27)9-10-19(26)28)23-21(29)22-13(2)20-24-15-5-3-4-6-16(15)25-20/h3-8,11,13H,9-10H2,1-2H3,(H,24,25)(H2,22,23,29). The summed E-state index contributed by atoms with van der Waals surface area (Å²) in [4.78, 5) is 45.2. The van der Waals surface area contributed by atoms with Crippen LogP contribution in [0, 0.1) is 6.92 Å². The van der Waals surface area contributed by atoms with Gasteiger partial charge >= 0.3 is 6.03 Å². The molecule has 0 radical (unpaired) electrons. The Kier molecular flexibility index (Phi) is 4.75. The molecule has 0 bridgehead atoms. The molecule has 1 aliphatic rings. The summed E-state index contributed by atoms with van der Waals surface area (Å²) >= 11 is 0. The van der Waals surface area contributed by atoms with E-state index in [0.29, 0.717) is 17.2 Å². The molecule has 0 saturated carbocycles. The van der Waals surface area contributed by atoms with E-state index < -0.39 is 0 Å². The van der Waals surface area contributed by atoms with Crippen molar-refractivity contribution in [1.29, 1.82) is 0 Å². The van der Waals surface area contributed by atoms with Crippen LogP contribution >= 0.6 is 0 Å². The number of benzene rings is 2. The normalized spacial score (nSPS) is 15.0. The number of nitrogens with zero attached hydrogens (tertiary/aromatic N) is 2. The predicted molar refractivity (Wildman–Crippen MR) is 110 cm³/mol. The average molecular weight is 391 g/mol. The summed E-state index contributed by atoms with van der Waals surface area (Å²) < 4.78 is 0. The number of carbonyl (C=O) groups excluding carboxylic acids is 3. The Balaban J connectivity index is 1.43. The lowest BCUT2D eigenvalue weighted by atomic mass is 10.1. The molecule has 0 aliphatic carbocycles. The van der Waals surface area contributed by atoms with E-state index in [9.17, 15) is 14.4 Å². The van der Waals surface area contributed by atoms with Crippen molar-refractivity contribution in [2.75, 3.05) is 10.2 Å². The molecule has 1 saturated heterocycles. The molecule has 3 aromatic rings. The van der Waals surface area contributed by atoms with Crippen molar-refractivity contribution in [1.82, 2.24) is 15.3 Å². The molecule has 148 valence electrons. The minimum Gasteiger partial charge on any atom is -0.340 e. The molecule has 8 heteroatoms. The lowest BCUT2D eigenvalue weighted by molar-refractivity contribution is -0.121. The van der Waals surface area contributed by atoms with Crippen molar-refractivity contribution in [2.45, 2.75) is 32.7 Å². The molecule has 1 aliphatic heterocycles. The van der Waals surface area contributed by atoms with Gasteiger partial charge in [-0.15, -0.1) is 0 Å². The number of hydrogen-bond donors (Lipinski definition) is 3. The van der Waals surface area contributed by atoms with E-state index in [2.05, 4.69) is 20.6 Å². The summed E-state index contributed by atoms with van der Waals surface area (Å²) in [5, 5.41) is 5.62. The first-order valence-corrected chi connectivity index (χ1v) is 9.41. The Morgan fingerprint density at radius 3 is 2.55 bits per heavy atom. The second-order valence-corrected chi connectivity index (χ2v) is 7.08. The Morgan fingerprint density at radius 2 is 1.86 bits per heavy atom. The van der Waals surface area contributed by atoms with Gasteiger partial charge in [-0.3, -0.25) is 14.5 Å². The number of aryl methyl sites for hydroxylation is 1. The first-order valence-electron chi connectivity index (χ1n) is 9.41. The molecule has 1 fully saturated rings. The number of hydrogen-bond acceptors (Lipinski definition) is 4. The zero-order chi connectivity index (χ0) is 20.5. The molecule has 3 N–H and O–H groups in total. The number of para-hydroxylation sites is 2. The molecule has 4 rings (SSSR count). The van der Waals surface area contributed by atoms with E-state index in [1.54, 1.807) is 25.1 Å². The summed E-state index contributed by atoms with van der Waals surface area (Å²) in [6.45, 7) is 3.64. The number of aromatic nitrogens is 2. The van der Waals surface area contributed by atoms with Crippen LogP contribution in [-0.2, 0) is 9.59 Å². The molecule has 1 atom stereocenters. The third kappa shape index (κ3) is 3.69. The first kappa shape index (κ1) is 18.7. The molecular weight excluding hydrogens is 370 g/mol. The van der Waals surface area contributed by atoms with Crippen molar-refractivity contribution < 1.29 is 14.4 Å². The Bertz CT molecular complexity index is 1070. The van der Waals surface area contributed by atoms with Gasteiger partial charge in [-0.05, 0) is 49.7 Å². The molecule has 2 heterocycles. The summed E-state index contributed by atoms with van der Waals surface area (Å²) in [7, 11) is 0. The van der Waals surface area contributed by atoms with Gasteiger partial charge in [0.1, 0.15) is 5.82 Å². The van der Waals surface area contributed by atoms with Gasteiger partial charge in [0.25, 0.3) is 0 Å². The summed E-state index contributed by atoms with van der Waals surface area (Å²) in [6, 6.07) is 12.1. The minimum absolute atomic E-state index is 0.198. The summed E-state index contributed by atoms with van der Waals surface area (Å²) in [6.07, 6.45) is 0.473. The van der Waals surface area contributed by atoms with Gasteiger partial charge < -0.3 is 15.6 Å². The van der Waals surface area contributed by atoms with Crippen LogP contribution in [0.2, 0.25) is 0 Å². The van der Waals surface area contributed by atoms with Crippen LogP contribution in [0.25, 0.3) is 11.0 Å². The van der Waals surface area contributed by atoms with E-state index in [4.69, 9.17) is 0 Å². The molecule has 2 aromatic carbocycles. The fraction of sp³-hybridized carbons (Fsp3) is 0.238. The maximum Gasteiger partial charge on any atom is 0.319 e. The fourth-order valence-corrected chi connectivity index (χ4v) is 3.44. The first-order chi connectivity index (χ1) is 13.9. The maximum absolute atomic E-state index is 12.4. The molecule has 4 amide bonds. The lowest BCUT2D eigenvalue weighted by Crippen LogP contribution is -2.32. The fourth-order valence-electron chi connectivity index (χ4n) is 3.44. The van der Waals surface area contributed by atoms with Gasteiger partial charge in [-0.1, -0.05) is 12.1 Å². The maximum atomic E-state index is 12.4. The molecule has 29 heavy (non-hydrogen) atoms. The number of anilines is 2. The average Bonchev–Trinajstić information content (AvgIpc) is 3.26. The van der Waals surface area contributed by atoms with Crippen LogP contribution in [-0.4, -0.2) is 27.8 Å². The molecule has 8 nitrogen and oxygen atoms in total.